The Labute approximate surface area is 140 Å². The molecule has 6 heteroatoms. The van der Waals surface area contributed by atoms with Crippen molar-refractivity contribution in [3.05, 3.63) is 47.8 Å². The number of aryl methyl sites for hydroxylation is 1. The van der Waals surface area contributed by atoms with Crippen LogP contribution in [0.4, 0.5) is 11.4 Å². The summed E-state index contributed by atoms with van der Waals surface area (Å²) in [6.07, 6.45) is 3.97. The molecule has 3 rings (SSSR count). The Balaban J connectivity index is 2.12. The Bertz CT molecular complexity index is 804. The van der Waals surface area contributed by atoms with E-state index in [2.05, 4.69) is 10.3 Å². The molecule has 1 unspecified atom stereocenters. The third-order valence-electron chi connectivity index (χ3n) is 4.22. The lowest BCUT2D eigenvalue weighted by Crippen LogP contribution is -2.49. The third-order valence-corrected chi connectivity index (χ3v) is 4.22. The summed E-state index contributed by atoms with van der Waals surface area (Å²) in [6.45, 7) is 3.68. The van der Waals surface area contributed by atoms with Crippen LogP contribution in [0, 0.1) is 0 Å². The second-order valence-electron chi connectivity index (χ2n) is 5.61. The molecule has 0 spiro atoms. The number of anilines is 2. The molecule has 2 amide bonds. The number of carbonyl (C=O) groups excluding carboxylic acids is 2. The van der Waals surface area contributed by atoms with Gasteiger partial charge in [0.05, 0.1) is 18.5 Å². The van der Waals surface area contributed by atoms with Crippen molar-refractivity contribution in [1.82, 2.24) is 4.98 Å². The highest BCUT2D eigenvalue weighted by molar-refractivity contribution is 6.17. The van der Waals surface area contributed by atoms with Gasteiger partial charge in [0.25, 0.3) is 5.91 Å². The number of nitrogens with zero attached hydrogens (tertiary/aromatic N) is 2. The standard InChI is InChI=1S/C18H19N3O3/c1-4-12-10-19-8-7-14(12)18(23)21-11(2)17(22)20-15-6-5-13(24-3)9-16(15)21/h5-11H,4H2,1-3H3,(H,20,22). The molecule has 0 bridgehead atoms. The molecule has 2 aromatic rings. The molecule has 24 heavy (non-hydrogen) atoms. The molecular formula is C18H19N3O3. The Hall–Kier alpha value is -2.89. The molecule has 1 aromatic heterocycles. The number of pyridine rings is 1. The topological polar surface area (TPSA) is 71.5 Å². The SMILES string of the molecule is CCc1cnccc1C(=O)N1c2cc(OC)ccc2NC(=O)C1C. The van der Waals surface area contributed by atoms with Gasteiger partial charge >= 0.3 is 0 Å². The van der Waals surface area contributed by atoms with Crippen LogP contribution in [0.3, 0.4) is 0 Å². The predicted molar refractivity (Wildman–Crippen MR) is 91.5 cm³/mol. The van der Waals surface area contributed by atoms with Gasteiger partial charge in [-0.05, 0) is 37.1 Å². The van der Waals surface area contributed by atoms with E-state index < -0.39 is 6.04 Å². The number of amides is 2. The normalized spacial score (nSPS) is 16.4. The molecule has 1 aromatic carbocycles. The number of hydrogen-bond acceptors (Lipinski definition) is 4. The minimum Gasteiger partial charge on any atom is -0.497 e. The van der Waals surface area contributed by atoms with Crippen molar-refractivity contribution < 1.29 is 14.3 Å². The zero-order valence-electron chi connectivity index (χ0n) is 13.9. The zero-order valence-corrected chi connectivity index (χ0v) is 13.9. The number of fused-ring (bicyclic) bond motifs is 1. The van der Waals surface area contributed by atoms with E-state index in [0.29, 0.717) is 29.1 Å². The van der Waals surface area contributed by atoms with Crippen LogP contribution in [0.5, 0.6) is 5.75 Å². The number of methoxy groups -OCH3 is 1. The fourth-order valence-corrected chi connectivity index (χ4v) is 2.84. The molecule has 0 radical (unpaired) electrons. The molecule has 0 saturated heterocycles. The summed E-state index contributed by atoms with van der Waals surface area (Å²) in [4.78, 5) is 31.0. The van der Waals surface area contributed by atoms with Gasteiger partial charge in [0.1, 0.15) is 11.8 Å². The van der Waals surface area contributed by atoms with Gasteiger partial charge in [-0.1, -0.05) is 6.92 Å². The molecule has 1 aliphatic rings. The fraction of sp³-hybridized carbons (Fsp3) is 0.278. The van der Waals surface area contributed by atoms with Gasteiger partial charge in [-0.15, -0.1) is 0 Å². The number of ether oxygens (including phenoxy) is 1. The maximum Gasteiger partial charge on any atom is 0.259 e. The number of aromatic nitrogens is 1. The summed E-state index contributed by atoms with van der Waals surface area (Å²) in [5.74, 6) is 0.194. The maximum atomic E-state index is 13.2. The highest BCUT2D eigenvalue weighted by atomic mass is 16.5. The Morgan fingerprint density at radius 1 is 1.38 bits per heavy atom. The molecule has 2 heterocycles. The Morgan fingerprint density at radius 3 is 2.88 bits per heavy atom. The van der Waals surface area contributed by atoms with Crippen molar-refractivity contribution in [2.24, 2.45) is 0 Å². The molecule has 6 nitrogen and oxygen atoms in total. The summed E-state index contributed by atoms with van der Waals surface area (Å²) in [7, 11) is 1.57. The van der Waals surface area contributed by atoms with Crippen LogP contribution >= 0.6 is 0 Å². The Kier molecular flexibility index (Phi) is 4.20. The van der Waals surface area contributed by atoms with E-state index >= 15 is 0 Å². The van der Waals surface area contributed by atoms with E-state index in [0.717, 1.165) is 5.56 Å². The van der Waals surface area contributed by atoms with Crippen molar-refractivity contribution in [1.29, 1.82) is 0 Å². The summed E-state index contributed by atoms with van der Waals surface area (Å²) >= 11 is 0. The van der Waals surface area contributed by atoms with Crippen LogP contribution in [0.25, 0.3) is 0 Å². The van der Waals surface area contributed by atoms with E-state index in [1.807, 2.05) is 6.92 Å². The smallest absolute Gasteiger partial charge is 0.259 e. The van der Waals surface area contributed by atoms with Gasteiger partial charge < -0.3 is 10.1 Å². The van der Waals surface area contributed by atoms with Gasteiger partial charge in [0, 0.05) is 24.0 Å². The van der Waals surface area contributed by atoms with Crippen LogP contribution in [0.2, 0.25) is 0 Å². The van der Waals surface area contributed by atoms with Crippen LogP contribution < -0.4 is 15.0 Å². The average Bonchev–Trinajstić information content (AvgIpc) is 2.62. The van der Waals surface area contributed by atoms with Gasteiger partial charge in [0.15, 0.2) is 0 Å². The first-order valence-corrected chi connectivity index (χ1v) is 7.82. The number of rotatable bonds is 3. The number of nitrogens with one attached hydrogen (secondary N) is 1. The van der Waals surface area contributed by atoms with E-state index in [4.69, 9.17) is 4.74 Å². The van der Waals surface area contributed by atoms with Gasteiger partial charge in [-0.2, -0.15) is 0 Å². The van der Waals surface area contributed by atoms with Crippen LogP contribution in [0.1, 0.15) is 29.8 Å². The fourth-order valence-electron chi connectivity index (χ4n) is 2.84. The van der Waals surface area contributed by atoms with Gasteiger partial charge in [-0.3, -0.25) is 19.5 Å². The predicted octanol–water partition coefficient (Wildman–Crippen LogP) is 2.64. The van der Waals surface area contributed by atoms with E-state index in [1.54, 1.807) is 50.7 Å². The first-order chi connectivity index (χ1) is 11.6. The molecular weight excluding hydrogens is 306 g/mol. The number of benzene rings is 1. The lowest BCUT2D eigenvalue weighted by atomic mass is 10.0. The second-order valence-corrected chi connectivity index (χ2v) is 5.61. The molecule has 124 valence electrons. The Morgan fingerprint density at radius 2 is 2.17 bits per heavy atom. The molecule has 0 aliphatic carbocycles. The highest BCUT2D eigenvalue weighted by Gasteiger charge is 2.35. The summed E-state index contributed by atoms with van der Waals surface area (Å²) in [5.41, 5.74) is 2.64. The van der Waals surface area contributed by atoms with E-state index in [-0.39, 0.29) is 11.8 Å². The van der Waals surface area contributed by atoms with Crippen molar-refractivity contribution in [3.63, 3.8) is 0 Å². The quantitative estimate of drug-likeness (QED) is 0.942. The second kappa shape index (κ2) is 6.31. The zero-order chi connectivity index (χ0) is 17.3. The third kappa shape index (κ3) is 2.60. The summed E-state index contributed by atoms with van der Waals surface area (Å²) in [5, 5.41) is 2.83. The monoisotopic (exact) mass is 325 g/mol. The highest BCUT2D eigenvalue weighted by Crippen LogP contribution is 2.36. The first kappa shape index (κ1) is 16.0. The number of hydrogen-bond donors (Lipinski definition) is 1. The lowest BCUT2D eigenvalue weighted by molar-refractivity contribution is -0.117. The summed E-state index contributed by atoms with van der Waals surface area (Å²) < 4.78 is 5.26. The van der Waals surface area contributed by atoms with Crippen molar-refractivity contribution in [2.75, 3.05) is 17.3 Å². The van der Waals surface area contributed by atoms with Crippen molar-refractivity contribution in [2.45, 2.75) is 26.3 Å². The van der Waals surface area contributed by atoms with Crippen LogP contribution in [-0.2, 0) is 11.2 Å². The molecule has 1 aliphatic heterocycles. The van der Waals surface area contributed by atoms with Crippen LogP contribution in [-0.4, -0.2) is 29.9 Å². The molecule has 1 N–H and O–H groups in total. The van der Waals surface area contributed by atoms with Crippen molar-refractivity contribution >= 4 is 23.2 Å². The summed E-state index contributed by atoms with van der Waals surface area (Å²) in [6, 6.07) is 6.33. The molecule has 1 atom stereocenters. The number of carbonyl (C=O) groups is 2. The largest absolute Gasteiger partial charge is 0.497 e. The van der Waals surface area contributed by atoms with E-state index in [1.165, 1.54) is 4.90 Å². The first-order valence-electron chi connectivity index (χ1n) is 7.82. The van der Waals surface area contributed by atoms with Crippen molar-refractivity contribution in [3.8, 4) is 5.75 Å². The lowest BCUT2D eigenvalue weighted by Gasteiger charge is -2.35. The molecule has 0 fully saturated rings. The minimum atomic E-state index is -0.616. The molecule has 0 saturated carbocycles. The van der Waals surface area contributed by atoms with E-state index in [9.17, 15) is 9.59 Å². The van der Waals surface area contributed by atoms with Crippen LogP contribution in [0.15, 0.2) is 36.7 Å². The average molecular weight is 325 g/mol. The van der Waals surface area contributed by atoms with Gasteiger partial charge in [-0.25, -0.2) is 0 Å². The van der Waals surface area contributed by atoms with Gasteiger partial charge in [0.2, 0.25) is 5.91 Å². The maximum absolute atomic E-state index is 13.2. The minimum absolute atomic E-state index is 0.215.